The van der Waals surface area contributed by atoms with Crippen LogP contribution in [0.25, 0.3) is 0 Å². The summed E-state index contributed by atoms with van der Waals surface area (Å²) in [5.41, 5.74) is -0.00922. The van der Waals surface area contributed by atoms with Crippen molar-refractivity contribution in [3.05, 3.63) is 28.8 Å². The minimum Gasteiger partial charge on any atom is -0.444 e. The van der Waals surface area contributed by atoms with Crippen LogP contribution >= 0.6 is 11.6 Å². The number of hydrogen-bond donors (Lipinski definition) is 2. The molecule has 1 aromatic carbocycles. The summed E-state index contributed by atoms with van der Waals surface area (Å²) >= 11 is 6.19. The second-order valence-electron chi connectivity index (χ2n) is 8.11. The number of anilines is 1. The molecule has 3 amide bonds. The number of halogens is 4. The van der Waals surface area contributed by atoms with Gasteiger partial charge in [-0.1, -0.05) is 24.6 Å². The van der Waals surface area contributed by atoms with Gasteiger partial charge in [0, 0.05) is 17.1 Å². The van der Waals surface area contributed by atoms with Crippen LogP contribution in [0.15, 0.2) is 18.2 Å². The standard InChI is InChI=1S/C20H25ClF3N3O4/c1-5-13(26-18(30)31-19(2,3)4)17(29)27-14-8-6-7-12(21)11(14)9-15(27)16(28)25-10-20(22,23)24/h6-8,13,15H,5,9-10H2,1-4H3,(H,25,28)(H,26,30)/t13-,15?/m0/s1. The van der Waals surface area contributed by atoms with E-state index >= 15 is 0 Å². The van der Waals surface area contributed by atoms with Gasteiger partial charge in [-0.3, -0.25) is 14.5 Å². The fourth-order valence-corrected chi connectivity index (χ4v) is 3.42. The zero-order valence-corrected chi connectivity index (χ0v) is 18.4. The van der Waals surface area contributed by atoms with Crippen molar-refractivity contribution in [2.24, 2.45) is 0 Å². The number of alkyl halides is 3. The Morgan fingerprint density at radius 2 is 1.90 bits per heavy atom. The molecular formula is C20H25ClF3N3O4. The molecule has 1 aliphatic rings. The highest BCUT2D eigenvalue weighted by molar-refractivity contribution is 6.32. The minimum absolute atomic E-state index is 0.0483. The molecule has 1 unspecified atom stereocenters. The van der Waals surface area contributed by atoms with Crippen molar-refractivity contribution in [3.8, 4) is 0 Å². The molecule has 0 saturated heterocycles. The van der Waals surface area contributed by atoms with Gasteiger partial charge in [-0.05, 0) is 44.9 Å². The van der Waals surface area contributed by atoms with Crippen molar-refractivity contribution in [3.63, 3.8) is 0 Å². The number of carbonyl (C=O) groups is 3. The molecule has 0 spiro atoms. The number of fused-ring (bicyclic) bond motifs is 1. The lowest BCUT2D eigenvalue weighted by Crippen LogP contribution is -2.55. The Hall–Kier alpha value is -2.49. The summed E-state index contributed by atoms with van der Waals surface area (Å²) in [6.45, 7) is 5.11. The van der Waals surface area contributed by atoms with Gasteiger partial charge in [-0.15, -0.1) is 0 Å². The van der Waals surface area contributed by atoms with Crippen molar-refractivity contribution < 1.29 is 32.3 Å². The van der Waals surface area contributed by atoms with E-state index in [9.17, 15) is 27.6 Å². The number of amides is 3. The topological polar surface area (TPSA) is 87.7 Å². The van der Waals surface area contributed by atoms with Gasteiger partial charge in [0.05, 0.1) is 0 Å². The molecule has 0 aliphatic carbocycles. The van der Waals surface area contributed by atoms with Crippen LogP contribution in [0.1, 0.15) is 39.7 Å². The zero-order valence-electron chi connectivity index (χ0n) is 17.6. The lowest BCUT2D eigenvalue weighted by Gasteiger charge is -2.29. The molecule has 2 atom stereocenters. The number of rotatable bonds is 5. The molecule has 0 radical (unpaired) electrons. The van der Waals surface area contributed by atoms with E-state index in [1.165, 1.54) is 0 Å². The van der Waals surface area contributed by atoms with Crippen LogP contribution in [0.4, 0.5) is 23.7 Å². The quantitative estimate of drug-likeness (QED) is 0.698. The third-order valence-electron chi connectivity index (χ3n) is 4.46. The van der Waals surface area contributed by atoms with Gasteiger partial charge in [-0.2, -0.15) is 13.2 Å². The molecule has 1 heterocycles. The molecule has 0 aromatic heterocycles. The Morgan fingerprint density at radius 3 is 2.45 bits per heavy atom. The fraction of sp³-hybridized carbons (Fsp3) is 0.550. The Bertz CT molecular complexity index is 855. The van der Waals surface area contributed by atoms with E-state index in [1.807, 2.05) is 5.32 Å². The fourth-order valence-electron chi connectivity index (χ4n) is 3.17. The maximum absolute atomic E-state index is 13.3. The molecule has 172 valence electrons. The summed E-state index contributed by atoms with van der Waals surface area (Å²) in [4.78, 5) is 39.1. The molecule has 0 fully saturated rings. The van der Waals surface area contributed by atoms with Crippen molar-refractivity contribution in [1.82, 2.24) is 10.6 Å². The van der Waals surface area contributed by atoms with Crippen LogP contribution in [0, 0.1) is 0 Å². The van der Waals surface area contributed by atoms with Crippen LogP contribution in [-0.4, -0.2) is 48.3 Å². The lowest BCUT2D eigenvalue weighted by atomic mass is 10.1. The number of benzene rings is 1. The predicted molar refractivity (Wildman–Crippen MR) is 109 cm³/mol. The van der Waals surface area contributed by atoms with Crippen LogP contribution in [0.5, 0.6) is 0 Å². The van der Waals surface area contributed by atoms with E-state index in [-0.39, 0.29) is 17.9 Å². The average Bonchev–Trinajstić information content (AvgIpc) is 3.02. The summed E-state index contributed by atoms with van der Waals surface area (Å²) in [6.07, 6.45) is -5.30. The lowest BCUT2D eigenvalue weighted by molar-refractivity contribution is -0.139. The molecule has 2 N–H and O–H groups in total. The highest BCUT2D eigenvalue weighted by Gasteiger charge is 2.42. The highest BCUT2D eigenvalue weighted by Crippen LogP contribution is 2.37. The molecule has 1 aromatic rings. The first kappa shape index (κ1) is 24.8. The number of nitrogens with zero attached hydrogens (tertiary/aromatic N) is 1. The van der Waals surface area contributed by atoms with E-state index in [0.717, 1.165) is 4.90 Å². The third kappa shape index (κ3) is 6.49. The van der Waals surface area contributed by atoms with E-state index in [4.69, 9.17) is 16.3 Å². The number of carbonyl (C=O) groups excluding carboxylic acids is 3. The normalized spacial score (nSPS) is 17.0. The Balaban J connectivity index is 2.31. The second kappa shape index (κ2) is 9.33. The summed E-state index contributed by atoms with van der Waals surface area (Å²) in [7, 11) is 0. The molecule has 2 rings (SSSR count). The summed E-state index contributed by atoms with van der Waals surface area (Å²) in [6, 6.07) is 2.39. The van der Waals surface area contributed by atoms with Gasteiger partial charge in [0.25, 0.3) is 0 Å². The highest BCUT2D eigenvalue weighted by atomic mass is 35.5. The van der Waals surface area contributed by atoms with Crippen molar-refractivity contribution in [1.29, 1.82) is 0 Å². The summed E-state index contributed by atoms with van der Waals surface area (Å²) in [5.74, 6) is -1.62. The predicted octanol–water partition coefficient (Wildman–Crippen LogP) is 3.58. The Morgan fingerprint density at radius 1 is 1.26 bits per heavy atom. The van der Waals surface area contributed by atoms with Gasteiger partial charge in [0.15, 0.2) is 0 Å². The van der Waals surface area contributed by atoms with Crippen LogP contribution in [-0.2, 0) is 20.7 Å². The van der Waals surface area contributed by atoms with Crippen LogP contribution in [0.2, 0.25) is 5.02 Å². The average molecular weight is 464 g/mol. The van der Waals surface area contributed by atoms with Gasteiger partial charge >= 0.3 is 12.3 Å². The summed E-state index contributed by atoms with van der Waals surface area (Å²) < 4.78 is 42.9. The molecular weight excluding hydrogens is 439 g/mol. The molecule has 0 saturated carbocycles. The first-order valence-corrected chi connectivity index (χ1v) is 10.1. The van der Waals surface area contributed by atoms with E-state index < -0.39 is 48.3 Å². The molecule has 1 aliphatic heterocycles. The van der Waals surface area contributed by atoms with Gasteiger partial charge in [0.1, 0.15) is 24.2 Å². The van der Waals surface area contributed by atoms with Gasteiger partial charge in [0.2, 0.25) is 11.8 Å². The largest absolute Gasteiger partial charge is 0.444 e. The van der Waals surface area contributed by atoms with Crippen LogP contribution < -0.4 is 15.5 Å². The van der Waals surface area contributed by atoms with E-state index in [2.05, 4.69) is 5.32 Å². The van der Waals surface area contributed by atoms with Crippen molar-refractivity contribution >= 4 is 35.2 Å². The molecule has 0 bridgehead atoms. The van der Waals surface area contributed by atoms with Gasteiger partial charge < -0.3 is 15.4 Å². The summed E-state index contributed by atoms with van der Waals surface area (Å²) in [5, 5.41) is 4.57. The minimum atomic E-state index is -4.60. The van der Waals surface area contributed by atoms with Crippen molar-refractivity contribution in [2.45, 2.75) is 64.4 Å². The zero-order chi connectivity index (χ0) is 23.6. The number of hydrogen-bond acceptors (Lipinski definition) is 4. The number of alkyl carbamates (subject to hydrolysis) is 1. The monoisotopic (exact) mass is 463 g/mol. The van der Waals surface area contributed by atoms with E-state index in [0.29, 0.717) is 11.3 Å². The first-order valence-electron chi connectivity index (χ1n) is 9.68. The molecule has 7 nitrogen and oxygen atoms in total. The number of nitrogens with one attached hydrogen (secondary N) is 2. The molecule has 11 heteroatoms. The Labute approximate surface area is 183 Å². The van der Waals surface area contributed by atoms with Gasteiger partial charge in [-0.25, -0.2) is 4.79 Å². The third-order valence-corrected chi connectivity index (χ3v) is 4.82. The smallest absolute Gasteiger partial charge is 0.408 e. The van der Waals surface area contributed by atoms with Crippen molar-refractivity contribution in [2.75, 3.05) is 11.4 Å². The SMILES string of the molecule is CC[C@H](NC(=O)OC(C)(C)C)C(=O)N1c2cccc(Cl)c2CC1C(=O)NCC(F)(F)F. The number of ether oxygens (including phenoxy) is 1. The maximum atomic E-state index is 13.3. The second-order valence-corrected chi connectivity index (χ2v) is 8.51. The Kier molecular flexibility index (Phi) is 7.46. The van der Waals surface area contributed by atoms with E-state index in [1.54, 1.807) is 45.9 Å². The maximum Gasteiger partial charge on any atom is 0.408 e. The first-order chi connectivity index (χ1) is 14.2. The molecule has 31 heavy (non-hydrogen) atoms. The van der Waals surface area contributed by atoms with Crippen LogP contribution in [0.3, 0.4) is 0 Å².